The van der Waals surface area contributed by atoms with E-state index in [0.29, 0.717) is 48.0 Å². The second-order valence-corrected chi connectivity index (χ2v) is 9.01. The number of carbonyl (C=O) groups is 2. The van der Waals surface area contributed by atoms with Gasteiger partial charge in [-0.1, -0.05) is 23.8 Å². The lowest BCUT2D eigenvalue weighted by Crippen LogP contribution is -2.30. The molecule has 2 bridgehead atoms. The lowest BCUT2D eigenvalue weighted by Gasteiger charge is -2.18. The van der Waals surface area contributed by atoms with Gasteiger partial charge in [-0.2, -0.15) is 0 Å². The Hall–Kier alpha value is -2.76. The summed E-state index contributed by atoms with van der Waals surface area (Å²) in [6, 6.07) is 0. The molecule has 1 saturated carbocycles. The molecule has 0 aromatic heterocycles. The number of nitrogens with one attached hydrogen (secondary N) is 1. The summed E-state index contributed by atoms with van der Waals surface area (Å²) in [5.41, 5.74) is 3.38. The molecule has 31 heavy (non-hydrogen) atoms. The van der Waals surface area contributed by atoms with E-state index < -0.39 is 5.97 Å². The van der Waals surface area contributed by atoms with E-state index in [-0.39, 0.29) is 23.8 Å². The molecule has 1 aromatic carbocycles. The van der Waals surface area contributed by atoms with Gasteiger partial charge in [0.15, 0.2) is 0 Å². The van der Waals surface area contributed by atoms with Crippen LogP contribution in [0.4, 0.5) is 0 Å². The number of carbonyl (C=O) groups excluding carboxylic acids is 2. The summed E-state index contributed by atoms with van der Waals surface area (Å²) < 4.78 is 10.6. The molecule has 1 aliphatic heterocycles. The van der Waals surface area contributed by atoms with E-state index in [0.717, 1.165) is 23.6 Å². The Balaban J connectivity index is 1.34. The van der Waals surface area contributed by atoms with Gasteiger partial charge in [0.25, 0.3) is 0 Å². The van der Waals surface area contributed by atoms with E-state index >= 15 is 0 Å². The largest absolute Gasteiger partial charge is 0.507 e. The van der Waals surface area contributed by atoms with Crippen molar-refractivity contribution in [1.82, 2.24) is 5.32 Å². The molecule has 0 spiro atoms. The van der Waals surface area contributed by atoms with Crippen molar-refractivity contribution in [2.75, 3.05) is 13.7 Å². The number of hydrogen-bond acceptors (Lipinski definition) is 5. The van der Waals surface area contributed by atoms with Crippen LogP contribution in [0.5, 0.6) is 11.5 Å². The topological polar surface area (TPSA) is 84.9 Å². The van der Waals surface area contributed by atoms with Crippen LogP contribution in [0.15, 0.2) is 23.8 Å². The number of esters is 1. The number of cyclic esters (lactones) is 1. The molecule has 6 nitrogen and oxygen atoms in total. The Morgan fingerprint density at radius 2 is 2.13 bits per heavy atom. The van der Waals surface area contributed by atoms with Crippen molar-refractivity contribution in [3.05, 3.63) is 46.1 Å². The minimum Gasteiger partial charge on any atom is -0.507 e. The van der Waals surface area contributed by atoms with Gasteiger partial charge in [0.1, 0.15) is 23.7 Å². The molecule has 1 heterocycles. The molecule has 1 aromatic rings. The van der Waals surface area contributed by atoms with E-state index in [1.807, 2.05) is 19.9 Å². The number of fused-ring (bicyclic) bond motifs is 3. The third-order valence-corrected chi connectivity index (χ3v) is 7.03. The third kappa shape index (κ3) is 4.21. The van der Waals surface area contributed by atoms with Crippen LogP contribution in [0.3, 0.4) is 0 Å². The van der Waals surface area contributed by atoms with E-state index in [9.17, 15) is 14.7 Å². The molecule has 3 aliphatic rings. The second-order valence-electron chi connectivity index (χ2n) is 9.01. The van der Waals surface area contributed by atoms with Gasteiger partial charge in [-0.3, -0.25) is 4.79 Å². The predicted octanol–water partition coefficient (Wildman–Crippen LogP) is 3.98. The fourth-order valence-corrected chi connectivity index (χ4v) is 5.18. The first kappa shape index (κ1) is 21.5. The van der Waals surface area contributed by atoms with Gasteiger partial charge in [0, 0.05) is 24.1 Å². The van der Waals surface area contributed by atoms with Crippen molar-refractivity contribution in [2.24, 2.45) is 17.8 Å². The highest BCUT2D eigenvalue weighted by molar-refractivity contribution is 5.98. The molecular weight excluding hydrogens is 394 g/mol. The molecule has 4 rings (SSSR count). The fraction of sp³-hybridized carbons (Fsp3) is 0.520. The van der Waals surface area contributed by atoms with Gasteiger partial charge in [-0.15, -0.1) is 0 Å². The molecule has 6 heteroatoms. The van der Waals surface area contributed by atoms with Crippen molar-refractivity contribution in [3.8, 4) is 11.5 Å². The first-order chi connectivity index (χ1) is 14.9. The molecule has 1 amide bonds. The maximum Gasteiger partial charge on any atom is 0.342 e. The smallest absolute Gasteiger partial charge is 0.342 e. The van der Waals surface area contributed by atoms with Crippen molar-refractivity contribution in [2.45, 2.75) is 52.6 Å². The number of allylic oxidation sites excluding steroid dienone is 4. The van der Waals surface area contributed by atoms with Gasteiger partial charge in [0.2, 0.25) is 5.91 Å². The molecule has 0 unspecified atom stereocenters. The average Bonchev–Trinajstić information content (AvgIpc) is 3.48. The highest BCUT2D eigenvalue weighted by Crippen LogP contribution is 2.43. The zero-order chi connectivity index (χ0) is 22.1. The summed E-state index contributed by atoms with van der Waals surface area (Å²) in [5.74, 6) is 2.04. The Bertz CT molecular complexity index is 961. The Kier molecular flexibility index (Phi) is 6.08. The van der Waals surface area contributed by atoms with Gasteiger partial charge >= 0.3 is 5.97 Å². The molecule has 3 atom stereocenters. The van der Waals surface area contributed by atoms with Gasteiger partial charge < -0.3 is 19.9 Å². The summed E-state index contributed by atoms with van der Waals surface area (Å²) in [7, 11) is 1.56. The summed E-state index contributed by atoms with van der Waals surface area (Å²) in [4.78, 5) is 24.3. The Morgan fingerprint density at radius 1 is 1.32 bits per heavy atom. The van der Waals surface area contributed by atoms with E-state index in [4.69, 9.17) is 9.47 Å². The molecule has 2 N–H and O–H groups in total. The predicted molar refractivity (Wildman–Crippen MR) is 117 cm³/mol. The molecule has 1 fully saturated rings. The number of rotatable bonds is 8. The molecule has 0 saturated heterocycles. The number of ether oxygens (including phenoxy) is 2. The number of methoxy groups -OCH3 is 1. The number of amides is 1. The molecular formula is C25H31NO5. The maximum absolute atomic E-state index is 12.3. The standard InChI is InChI=1S/C25H31NO5/c1-14(5-9-21(27)26-12-18-11-16-6-7-17(18)10-16)4-8-19-23(28)22-20(13-31-25(22)29)15(2)24(19)30-3/h4,6-7,16-18,28H,5,8-13H2,1-3H3,(H,26,27)/b14-4+/t16-,17+,18+/m0/s1. The number of aromatic hydroxyl groups is 1. The van der Waals surface area contributed by atoms with Crippen LogP contribution >= 0.6 is 0 Å². The minimum atomic E-state index is -0.497. The molecule has 0 radical (unpaired) electrons. The summed E-state index contributed by atoms with van der Waals surface area (Å²) in [6.45, 7) is 4.77. The van der Waals surface area contributed by atoms with Crippen molar-refractivity contribution >= 4 is 11.9 Å². The van der Waals surface area contributed by atoms with Crippen molar-refractivity contribution in [1.29, 1.82) is 0 Å². The third-order valence-electron chi connectivity index (χ3n) is 7.03. The lowest BCUT2D eigenvalue weighted by molar-refractivity contribution is -0.121. The first-order valence-corrected chi connectivity index (χ1v) is 11.1. The van der Waals surface area contributed by atoms with Crippen LogP contribution in [0.2, 0.25) is 0 Å². The molecule has 166 valence electrons. The van der Waals surface area contributed by atoms with Gasteiger partial charge in [0.05, 0.1) is 7.11 Å². The zero-order valence-electron chi connectivity index (χ0n) is 18.5. The van der Waals surface area contributed by atoms with Gasteiger partial charge in [-0.05, 0) is 62.8 Å². The minimum absolute atomic E-state index is 0.0679. The highest BCUT2D eigenvalue weighted by Gasteiger charge is 2.35. The zero-order valence-corrected chi connectivity index (χ0v) is 18.5. The van der Waals surface area contributed by atoms with Gasteiger partial charge in [-0.25, -0.2) is 4.79 Å². The highest BCUT2D eigenvalue weighted by atomic mass is 16.5. The van der Waals surface area contributed by atoms with Crippen LogP contribution in [-0.4, -0.2) is 30.6 Å². The summed E-state index contributed by atoms with van der Waals surface area (Å²) in [5, 5.41) is 13.8. The number of phenols is 1. The Labute approximate surface area is 183 Å². The normalized spacial score (nSPS) is 23.8. The SMILES string of the molecule is COc1c(C)c2c(c(O)c1C/C=C(\C)CCC(=O)NC[C@H]1C[C@H]3C=C[C@@H]1C3)C(=O)OC2. The second kappa shape index (κ2) is 8.77. The van der Waals surface area contributed by atoms with Crippen LogP contribution in [0, 0.1) is 24.7 Å². The molecule has 2 aliphatic carbocycles. The number of phenolic OH excluding ortho intramolecular Hbond substituents is 1. The van der Waals surface area contributed by atoms with Crippen LogP contribution in [0.25, 0.3) is 0 Å². The van der Waals surface area contributed by atoms with E-state index in [1.54, 1.807) is 7.11 Å². The number of benzene rings is 1. The van der Waals surface area contributed by atoms with Crippen LogP contribution in [-0.2, 0) is 22.6 Å². The summed E-state index contributed by atoms with van der Waals surface area (Å²) >= 11 is 0. The lowest BCUT2D eigenvalue weighted by atomic mass is 9.93. The summed E-state index contributed by atoms with van der Waals surface area (Å²) in [6.07, 6.45) is 10.6. The Morgan fingerprint density at radius 3 is 2.81 bits per heavy atom. The average molecular weight is 426 g/mol. The van der Waals surface area contributed by atoms with E-state index in [1.165, 1.54) is 12.8 Å². The van der Waals surface area contributed by atoms with Crippen LogP contribution in [0.1, 0.15) is 59.7 Å². The van der Waals surface area contributed by atoms with E-state index in [2.05, 4.69) is 17.5 Å². The first-order valence-electron chi connectivity index (χ1n) is 11.1. The van der Waals surface area contributed by atoms with Crippen molar-refractivity contribution < 1.29 is 24.2 Å². The fourth-order valence-electron chi connectivity index (χ4n) is 5.18. The quantitative estimate of drug-likeness (QED) is 0.486. The monoisotopic (exact) mass is 425 g/mol. The van der Waals surface area contributed by atoms with Crippen LogP contribution < -0.4 is 10.1 Å². The maximum atomic E-state index is 12.3. The van der Waals surface area contributed by atoms with Crippen molar-refractivity contribution in [3.63, 3.8) is 0 Å². The number of hydrogen-bond donors (Lipinski definition) is 2.